The highest BCUT2D eigenvalue weighted by atomic mass is 79.9. The maximum atomic E-state index is 12.3. The molecular formula is C23H19BrClN3O5. The molecular weight excluding hydrogens is 514 g/mol. The van der Waals surface area contributed by atoms with Gasteiger partial charge in [0.25, 0.3) is 11.6 Å². The molecule has 0 aliphatic rings. The fourth-order valence-corrected chi connectivity index (χ4v) is 3.66. The van der Waals surface area contributed by atoms with Crippen molar-refractivity contribution >= 4 is 45.3 Å². The molecule has 0 aliphatic heterocycles. The number of ether oxygens (including phenoxy) is 2. The van der Waals surface area contributed by atoms with E-state index in [1.54, 1.807) is 25.1 Å². The lowest BCUT2D eigenvalue weighted by Gasteiger charge is -2.14. The van der Waals surface area contributed by atoms with Crippen molar-refractivity contribution in [1.82, 2.24) is 5.43 Å². The van der Waals surface area contributed by atoms with Crippen molar-refractivity contribution in [3.05, 3.63) is 96.5 Å². The van der Waals surface area contributed by atoms with Crippen molar-refractivity contribution in [3.8, 4) is 11.5 Å². The van der Waals surface area contributed by atoms with Gasteiger partial charge in [-0.1, -0.05) is 35.9 Å². The Bertz CT molecular complexity index is 1230. The quantitative estimate of drug-likeness (QED) is 0.229. The van der Waals surface area contributed by atoms with Gasteiger partial charge in [-0.15, -0.1) is 0 Å². The molecule has 0 atom stereocenters. The Balaban J connectivity index is 1.72. The van der Waals surface area contributed by atoms with Crippen LogP contribution in [0.15, 0.2) is 64.2 Å². The summed E-state index contributed by atoms with van der Waals surface area (Å²) in [6.07, 6.45) is 1.42. The average Bonchev–Trinajstić information content (AvgIpc) is 2.79. The maximum Gasteiger partial charge on any atom is 0.273 e. The molecule has 10 heteroatoms. The third-order valence-corrected chi connectivity index (χ3v) is 5.59. The zero-order valence-corrected chi connectivity index (χ0v) is 20.0. The maximum absolute atomic E-state index is 12.3. The third-order valence-electron chi connectivity index (χ3n) is 4.63. The SMILES string of the molecule is COc1cc(/C=N/NC(=O)c2ccc(C)c([N+](=O)[O-])c2)cc(Br)c1OCc1ccccc1Cl. The molecule has 0 fully saturated rings. The molecule has 0 bridgehead atoms. The number of rotatable bonds is 8. The lowest BCUT2D eigenvalue weighted by molar-refractivity contribution is -0.385. The largest absolute Gasteiger partial charge is 0.493 e. The average molecular weight is 533 g/mol. The van der Waals surface area contributed by atoms with Crippen LogP contribution in [0.1, 0.15) is 27.0 Å². The van der Waals surface area contributed by atoms with Crippen molar-refractivity contribution in [2.45, 2.75) is 13.5 Å². The van der Waals surface area contributed by atoms with Gasteiger partial charge in [-0.3, -0.25) is 14.9 Å². The molecule has 3 aromatic rings. The molecule has 0 heterocycles. The summed E-state index contributed by atoms with van der Waals surface area (Å²) in [4.78, 5) is 22.8. The fourth-order valence-electron chi connectivity index (χ4n) is 2.90. The van der Waals surface area contributed by atoms with Crippen molar-refractivity contribution in [2.75, 3.05) is 7.11 Å². The summed E-state index contributed by atoms with van der Waals surface area (Å²) in [6.45, 7) is 1.85. The van der Waals surface area contributed by atoms with Gasteiger partial charge >= 0.3 is 0 Å². The number of hydrogen-bond donors (Lipinski definition) is 1. The number of nitro groups is 1. The Kier molecular flexibility index (Phi) is 8.02. The van der Waals surface area contributed by atoms with E-state index in [1.807, 2.05) is 18.2 Å². The first-order valence-corrected chi connectivity index (χ1v) is 10.8. The summed E-state index contributed by atoms with van der Waals surface area (Å²) in [5.41, 5.74) is 4.28. The molecule has 0 saturated carbocycles. The summed E-state index contributed by atoms with van der Waals surface area (Å²) < 4.78 is 11.9. The van der Waals surface area contributed by atoms with Crippen molar-refractivity contribution in [2.24, 2.45) is 5.10 Å². The van der Waals surface area contributed by atoms with Crippen molar-refractivity contribution < 1.29 is 19.2 Å². The molecule has 0 unspecified atom stereocenters. The number of halogens is 2. The summed E-state index contributed by atoms with van der Waals surface area (Å²) in [5.74, 6) is 0.379. The first-order valence-electron chi connectivity index (χ1n) is 9.62. The van der Waals surface area contributed by atoms with Crippen LogP contribution in [0.3, 0.4) is 0 Å². The molecule has 0 radical (unpaired) electrons. The highest BCUT2D eigenvalue weighted by Gasteiger charge is 2.15. The lowest BCUT2D eigenvalue weighted by Crippen LogP contribution is -2.17. The monoisotopic (exact) mass is 531 g/mol. The smallest absolute Gasteiger partial charge is 0.273 e. The predicted octanol–water partition coefficient (Wildman–Crippen LogP) is 5.67. The molecule has 1 amide bonds. The molecule has 0 aromatic heterocycles. The minimum Gasteiger partial charge on any atom is -0.493 e. The van der Waals surface area contributed by atoms with Gasteiger partial charge in [0, 0.05) is 27.8 Å². The molecule has 8 nitrogen and oxygen atoms in total. The van der Waals surface area contributed by atoms with Crippen LogP contribution in [0.5, 0.6) is 11.5 Å². The number of carbonyl (C=O) groups is 1. The standard InChI is InChI=1S/C23H19BrClN3O5/c1-14-7-8-16(11-20(14)28(30)31)23(29)27-26-12-15-9-18(24)22(21(10-15)32-2)33-13-17-5-3-4-6-19(17)25/h3-12H,13H2,1-2H3,(H,27,29)/b26-12+. The van der Waals surface area contributed by atoms with E-state index in [1.165, 1.54) is 31.5 Å². The topological polar surface area (TPSA) is 103 Å². The van der Waals surface area contributed by atoms with Crippen LogP contribution in [0.25, 0.3) is 0 Å². The number of benzene rings is 3. The summed E-state index contributed by atoms with van der Waals surface area (Å²) in [7, 11) is 1.51. The van der Waals surface area contributed by atoms with E-state index in [-0.39, 0.29) is 17.9 Å². The first kappa shape index (κ1) is 24.2. The van der Waals surface area contributed by atoms with Crippen LogP contribution in [-0.2, 0) is 6.61 Å². The first-order chi connectivity index (χ1) is 15.8. The van der Waals surface area contributed by atoms with Crippen LogP contribution in [0.2, 0.25) is 5.02 Å². The molecule has 170 valence electrons. The molecule has 33 heavy (non-hydrogen) atoms. The van der Waals surface area contributed by atoms with Crippen LogP contribution in [-0.4, -0.2) is 24.2 Å². The van der Waals surface area contributed by atoms with Crippen molar-refractivity contribution in [3.63, 3.8) is 0 Å². The van der Waals surface area contributed by atoms with Crippen molar-refractivity contribution in [1.29, 1.82) is 0 Å². The highest BCUT2D eigenvalue weighted by molar-refractivity contribution is 9.10. The Hall–Kier alpha value is -3.43. The predicted molar refractivity (Wildman–Crippen MR) is 129 cm³/mol. The van der Waals surface area contributed by atoms with E-state index >= 15 is 0 Å². The van der Waals surface area contributed by atoms with E-state index in [0.717, 1.165) is 5.56 Å². The zero-order valence-electron chi connectivity index (χ0n) is 17.7. The number of hydrazone groups is 1. The number of amides is 1. The molecule has 0 aliphatic carbocycles. The van der Waals surface area contributed by atoms with Crippen LogP contribution < -0.4 is 14.9 Å². The van der Waals surface area contributed by atoms with E-state index in [9.17, 15) is 14.9 Å². The Morgan fingerprint density at radius 3 is 2.70 bits per heavy atom. The summed E-state index contributed by atoms with van der Waals surface area (Å²) >= 11 is 9.65. The van der Waals surface area contributed by atoms with E-state index < -0.39 is 10.8 Å². The van der Waals surface area contributed by atoms with E-state index in [4.69, 9.17) is 21.1 Å². The molecule has 3 aromatic carbocycles. The second-order valence-electron chi connectivity index (χ2n) is 6.87. The van der Waals surface area contributed by atoms with Crippen LogP contribution in [0, 0.1) is 17.0 Å². The number of carbonyl (C=O) groups excluding carboxylic acids is 1. The van der Waals surface area contributed by atoms with Gasteiger partial charge in [0.1, 0.15) is 6.61 Å². The molecule has 3 rings (SSSR count). The molecule has 0 saturated heterocycles. The second-order valence-corrected chi connectivity index (χ2v) is 8.13. The number of nitrogens with one attached hydrogen (secondary N) is 1. The number of hydrogen-bond acceptors (Lipinski definition) is 6. The minimum atomic E-state index is -0.569. The van der Waals surface area contributed by atoms with Gasteiger partial charge < -0.3 is 9.47 Å². The number of methoxy groups -OCH3 is 1. The van der Waals surface area contributed by atoms with E-state index in [2.05, 4.69) is 26.5 Å². The Morgan fingerprint density at radius 1 is 1.24 bits per heavy atom. The Morgan fingerprint density at radius 2 is 2.00 bits per heavy atom. The zero-order chi connectivity index (χ0) is 24.0. The van der Waals surface area contributed by atoms with Gasteiger partial charge in [-0.2, -0.15) is 5.10 Å². The highest BCUT2D eigenvalue weighted by Crippen LogP contribution is 2.37. The van der Waals surface area contributed by atoms with Gasteiger partial charge in [0.15, 0.2) is 11.5 Å². The fraction of sp³-hybridized carbons (Fsp3) is 0.130. The van der Waals surface area contributed by atoms with Crippen LogP contribution in [0.4, 0.5) is 5.69 Å². The summed E-state index contributed by atoms with van der Waals surface area (Å²) in [6, 6.07) is 15.0. The van der Waals surface area contributed by atoms with Crippen LogP contribution >= 0.6 is 27.5 Å². The summed E-state index contributed by atoms with van der Waals surface area (Å²) in [5, 5.41) is 15.6. The molecule has 1 N–H and O–H groups in total. The number of aryl methyl sites for hydroxylation is 1. The lowest BCUT2D eigenvalue weighted by atomic mass is 10.1. The molecule has 0 spiro atoms. The normalized spacial score (nSPS) is 10.8. The van der Waals surface area contributed by atoms with E-state index in [0.29, 0.717) is 32.1 Å². The number of nitro benzene ring substituents is 1. The second kappa shape index (κ2) is 10.9. The number of nitrogens with zero attached hydrogens (tertiary/aromatic N) is 2. The minimum absolute atomic E-state index is 0.131. The van der Waals surface area contributed by atoms with Gasteiger partial charge in [0.2, 0.25) is 0 Å². The van der Waals surface area contributed by atoms with Gasteiger partial charge in [0.05, 0.1) is 22.7 Å². The van der Waals surface area contributed by atoms with Gasteiger partial charge in [-0.25, -0.2) is 5.43 Å². The van der Waals surface area contributed by atoms with Gasteiger partial charge in [-0.05, 0) is 52.7 Å². The third kappa shape index (κ3) is 6.09. The Labute approximate surface area is 203 Å².